The highest BCUT2D eigenvalue weighted by Crippen LogP contribution is 2.28. The minimum Gasteiger partial charge on any atom is -0.318 e. The standard InChI is InChI=1S/C26H28N4O2/c1-19-9-11-22(12-10-19)27-25(31)28-23-13-15-24(16-14-23)30-18-6-17-29(26(30)32)20(2)21-7-4-3-5-8-21/h3-5,7-16,20H,6,17-18H2,1-2H3,(H2,27,28,31)/t20-/m1/s1. The molecule has 0 saturated carbocycles. The predicted molar refractivity (Wildman–Crippen MR) is 129 cm³/mol. The fourth-order valence-corrected chi connectivity index (χ4v) is 3.91. The summed E-state index contributed by atoms with van der Waals surface area (Å²) in [7, 11) is 0. The molecule has 1 saturated heterocycles. The van der Waals surface area contributed by atoms with E-state index in [4.69, 9.17) is 0 Å². The molecular weight excluding hydrogens is 400 g/mol. The van der Waals surface area contributed by atoms with Crippen LogP contribution in [0.2, 0.25) is 0 Å². The lowest BCUT2D eigenvalue weighted by Crippen LogP contribution is -2.50. The first-order valence-corrected chi connectivity index (χ1v) is 10.9. The SMILES string of the molecule is Cc1ccc(NC(=O)Nc2ccc(N3CCCN([C@H](C)c4ccccc4)C3=O)cc2)cc1. The van der Waals surface area contributed by atoms with Crippen molar-refractivity contribution in [3.05, 3.63) is 90.0 Å². The molecule has 1 heterocycles. The van der Waals surface area contributed by atoms with E-state index in [1.54, 1.807) is 4.90 Å². The molecule has 3 aromatic rings. The second-order valence-electron chi connectivity index (χ2n) is 8.06. The molecule has 0 unspecified atom stereocenters. The lowest BCUT2D eigenvalue weighted by Gasteiger charge is -2.39. The number of hydrogen-bond donors (Lipinski definition) is 2. The number of urea groups is 2. The summed E-state index contributed by atoms with van der Waals surface area (Å²) >= 11 is 0. The molecule has 1 aliphatic rings. The summed E-state index contributed by atoms with van der Waals surface area (Å²) in [4.78, 5) is 29.2. The van der Waals surface area contributed by atoms with Crippen LogP contribution in [0, 0.1) is 6.92 Å². The molecular formula is C26H28N4O2. The van der Waals surface area contributed by atoms with Crippen LogP contribution in [0.1, 0.15) is 30.5 Å². The Hall–Kier alpha value is -3.80. The molecule has 0 spiro atoms. The number of benzene rings is 3. The minimum absolute atomic E-state index is 0.00502. The lowest BCUT2D eigenvalue weighted by molar-refractivity contribution is 0.175. The lowest BCUT2D eigenvalue weighted by atomic mass is 10.1. The Morgan fingerprint density at radius 2 is 1.44 bits per heavy atom. The quantitative estimate of drug-likeness (QED) is 0.521. The number of hydrogen-bond acceptors (Lipinski definition) is 2. The number of nitrogens with zero attached hydrogens (tertiary/aromatic N) is 2. The van der Waals surface area contributed by atoms with Crippen LogP contribution in [0.4, 0.5) is 26.7 Å². The maximum absolute atomic E-state index is 13.2. The molecule has 0 radical (unpaired) electrons. The fraction of sp³-hybridized carbons (Fsp3) is 0.231. The maximum atomic E-state index is 13.2. The third kappa shape index (κ3) is 4.91. The third-order valence-electron chi connectivity index (χ3n) is 5.75. The average Bonchev–Trinajstić information content (AvgIpc) is 2.81. The molecule has 164 valence electrons. The molecule has 2 N–H and O–H groups in total. The Labute approximate surface area is 188 Å². The van der Waals surface area contributed by atoms with E-state index in [1.807, 2.05) is 78.6 Å². The Kier molecular flexibility index (Phi) is 6.40. The van der Waals surface area contributed by atoms with Crippen LogP contribution in [0.3, 0.4) is 0 Å². The molecule has 32 heavy (non-hydrogen) atoms. The average molecular weight is 429 g/mol. The van der Waals surface area contributed by atoms with E-state index in [2.05, 4.69) is 29.7 Å². The van der Waals surface area contributed by atoms with Crippen molar-refractivity contribution in [3.63, 3.8) is 0 Å². The van der Waals surface area contributed by atoms with Gasteiger partial charge >= 0.3 is 12.1 Å². The van der Waals surface area contributed by atoms with Crippen LogP contribution in [0.5, 0.6) is 0 Å². The second kappa shape index (κ2) is 9.56. The first-order valence-electron chi connectivity index (χ1n) is 10.9. The van der Waals surface area contributed by atoms with Gasteiger partial charge < -0.3 is 15.5 Å². The highest BCUT2D eigenvalue weighted by molar-refractivity contribution is 6.00. The summed E-state index contributed by atoms with van der Waals surface area (Å²) in [5, 5.41) is 5.65. The molecule has 6 nitrogen and oxygen atoms in total. The van der Waals surface area contributed by atoms with E-state index >= 15 is 0 Å². The number of carbonyl (C=O) groups excluding carboxylic acids is 2. The van der Waals surface area contributed by atoms with Gasteiger partial charge in [0.05, 0.1) is 6.04 Å². The van der Waals surface area contributed by atoms with Gasteiger partial charge in [-0.15, -0.1) is 0 Å². The van der Waals surface area contributed by atoms with E-state index in [0.717, 1.165) is 35.5 Å². The van der Waals surface area contributed by atoms with Crippen molar-refractivity contribution in [3.8, 4) is 0 Å². The van der Waals surface area contributed by atoms with Crippen LogP contribution >= 0.6 is 0 Å². The molecule has 4 rings (SSSR count). The first kappa shape index (κ1) is 21.4. The van der Waals surface area contributed by atoms with E-state index in [0.29, 0.717) is 12.2 Å². The molecule has 4 amide bonds. The first-order chi connectivity index (χ1) is 15.5. The zero-order valence-corrected chi connectivity index (χ0v) is 18.4. The van der Waals surface area contributed by atoms with Crippen molar-refractivity contribution in [1.82, 2.24) is 4.90 Å². The Balaban J connectivity index is 1.40. The van der Waals surface area contributed by atoms with Crippen molar-refractivity contribution in [2.45, 2.75) is 26.3 Å². The van der Waals surface area contributed by atoms with E-state index < -0.39 is 0 Å². The van der Waals surface area contributed by atoms with Gasteiger partial charge in [0.15, 0.2) is 0 Å². The smallest absolute Gasteiger partial charge is 0.318 e. The van der Waals surface area contributed by atoms with Gasteiger partial charge in [-0.1, -0.05) is 48.0 Å². The van der Waals surface area contributed by atoms with Crippen LogP contribution in [0.25, 0.3) is 0 Å². The van der Waals surface area contributed by atoms with Crippen molar-refractivity contribution in [2.75, 3.05) is 28.6 Å². The Bertz CT molecular complexity index is 1070. The van der Waals surface area contributed by atoms with E-state index in [9.17, 15) is 9.59 Å². The summed E-state index contributed by atoms with van der Waals surface area (Å²) in [6.45, 7) is 5.48. The van der Waals surface area contributed by atoms with Crippen LogP contribution in [-0.4, -0.2) is 30.1 Å². The molecule has 1 atom stereocenters. The summed E-state index contributed by atoms with van der Waals surface area (Å²) in [6, 6.07) is 24.8. The molecule has 0 bridgehead atoms. The topological polar surface area (TPSA) is 64.7 Å². The van der Waals surface area contributed by atoms with Crippen molar-refractivity contribution < 1.29 is 9.59 Å². The maximum Gasteiger partial charge on any atom is 0.324 e. The monoisotopic (exact) mass is 428 g/mol. The van der Waals surface area contributed by atoms with Gasteiger partial charge in [0.2, 0.25) is 0 Å². The van der Waals surface area contributed by atoms with Crippen molar-refractivity contribution >= 4 is 29.1 Å². The molecule has 0 aliphatic carbocycles. The van der Waals surface area contributed by atoms with Crippen LogP contribution in [0.15, 0.2) is 78.9 Å². The van der Waals surface area contributed by atoms with Gasteiger partial charge in [0.1, 0.15) is 0 Å². The molecule has 0 aromatic heterocycles. The van der Waals surface area contributed by atoms with Crippen LogP contribution in [-0.2, 0) is 0 Å². The molecule has 1 aliphatic heterocycles. The summed E-state index contributed by atoms with van der Waals surface area (Å²) in [6.07, 6.45) is 0.905. The van der Waals surface area contributed by atoms with Gasteiger partial charge in [-0.05, 0) is 62.2 Å². The Morgan fingerprint density at radius 1 is 0.844 bits per heavy atom. The van der Waals surface area contributed by atoms with Crippen molar-refractivity contribution in [2.24, 2.45) is 0 Å². The van der Waals surface area contributed by atoms with Gasteiger partial charge in [0, 0.05) is 30.2 Å². The van der Waals surface area contributed by atoms with Gasteiger partial charge in [0.25, 0.3) is 0 Å². The number of anilines is 3. The number of rotatable bonds is 5. The summed E-state index contributed by atoms with van der Waals surface area (Å²) < 4.78 is 0. The highest BCUT2D eigenvalue weighted by atomic mass is 16.2. The summed E-state index contributed by atoms with van der Waals surface area (Å²) in [5.74, 6) is 0. The number of aryl methyl sites for hydroxylation is 1. The largest absolute Gasteiger partial charge is 0.324 e. The predicted octanol–water partition coefficient (Wildman–Crippen LogP) is 6.03. The Morgan fingerprint density at radius 3 is 2.06 bits per heavy atom. The fourth-order valence-electron chi connectivity index (χ4n) is 3.91. The van der Waals surface area contributed by atoms with Gasteiger partial charge in [-0.2, -0.15) is 0 Å². The zero-order chi connectivity index (χ0) is 22.5. The summed E-state index contributed by atoms with van der Waals surface area (Å²) in [5.41, 5.74) is 4.48. The highest BCUT2D eigenvalue weighted by Gasteiger charge is 2.30. The van der Waals surface area contributed by atoms with E-state index in [-0.39, 0.29) is 18.1 Å². The number of carbonyl (C=O) groups is 2. The minimum atomic E-state index is -0.307. The molecule has 3 aromatic carbocycles. The number of nitrogens with one attached hydrogen (secondary N) is 2. The normalized spacial score (nSPS) is 14.8. The second-order valence-corrected chi connectivity index (χ2v) is 8.06. The van der Waals surface area contributed by atoms with Gasteiger partial charge in [-0.25, -0.2) is 9.59 Å². The van der Waals surface area contributed by atoms with Crippen molar-refractivity contribution in [1.29, 1.82) is 0 Å². The zero-order valence-electron chi connectivity index (χ0n) is 18.4. The number of amides is 4. The van der Waals surface area contributed by atoms with Gasteiger partial charge in [-0.3, -0.25) is 4.90 Å². The van der Waals surface area contributed by atoms with Crippen LogP contribution < -0.4 is 15.5 Å². The van der Waals surface area contributed by atoms with E-state index in [1.165, 1.54) is 0 Å². The molecule has 6 heteroatoms. The third-order valence-corrected chi connectivity index (χ3v) is 5.75. The molecule has 1 fully saturated rings.